The average Bonchev–Trinajstić information content (AvgIpc) is 3.08. The molecule has 0 atom stereocenters. The van der Waals surface area contributed by atoms with Crippen molar-refractivity contribution in [1.82, 2.24) is 4.90 Å². The highest BCUT2D eigenvalue weighted by Crippen LogP contribution is 2.48. The number of likely N-dealkylation sites (tertiary alicyclic amines) is 1. The van der Waals surface area contributed by atoms with E-state index < -0.39 is 0 Å². The lowest BCUT2D eigenvalue weighted by atomic mass is 9.74. The van der Waals surface area contributed by atoms with Crippen LogP contribution < -0.4 is 4.90 Å². The zero-order valence-corrected chi connectivity index (χ0v) is 19.5. The van der Waals surface area contributed by atoms with E-state index in [1.165, 1.54) is 22.3 Å². The van der Waals surface area contributed by atoms with Gasteiger partial charge in [0.1, 0.15) is 0 Å². The number of benzene rings is 3. The van der Waals surface area contributed by atoms with Crippen molar-refractivity contribution in [1.29, 1.82) is 0 Å². The highest BCUT2D eigenvalue weighted by Gasteiger charge is 2.46. The van der Waals surface area contributed by atoms with E-state index in [-0.39, 0.29) is 11.3 Å². The lowest BCUT2D eigenvalue weighted by molar-refractivity contribution is 0.0975. The van der Waals surface area contributed by atoms with E-state index in [1.807, 2.05) is 23.1 Å². The quantitative estimate of drug-likeness (QED) is 0.483. The van der Waals surface area contributed by atoms with Gasteiger partial charge < -0.3 is 4.90 Å². The number of hydrogen-bond acceptors (Lipinski definition) is 2. The van der Waals surface area contributed by atoms with Crippen LogP contribution in [0.2, 0.25) is 5.02 Å². The smallest absolute Gasteiger partial charge is 0.258 e. The molecule has 3 aromatic carbocycles. The summed E-state index contributed by atoms with van der Waals surface area (Å²) in [5.74, 6) is 0.0386. The summed E-state index contributed by atoms with van der Waals surface area (Å²) in [5.41, 5.74) is 7.02. The summed E-state index contributed by atoms with van der Waals surface area (Å²) in [7, 11) is 0. The predicted molar refractivity (Wildman–Crippen MR) is 132 cm³/mol. The van der Waals surface area contributed by atoms with Crippen LogP contribution >= 0.6 is 11.6 Å². The van der Waals surface area contributed by atoms with Crippen molar-refractivity contribution in [3.8, 4) is 0 Å². The maximum atomic E-state index is 13.5. The monoisotopic (exact) mass is 444 g/mol. The van der Waals surface area contributed by atoms with Crippen molar-refractivity contribution in [2.45, 2.75) is 38.6 Å². The zero-order chi connectivity index (χ0) is 22.3. The van der Waals surface area contributed by atoms with Crippen molar-refractivity contribution >= 4 is 23.2 Å². The lowest BCUT2D eigenvalue weighted by Gasteiger charge is -2.40. The third kappa shape index (κ3) is 3.96. The van der Waals surface area contributed by atoms with Crippen molar-refractivity contribution in [3.63, 3.8) is 0 Å². The molecule has 164 valence electrons. The molecule has 1 saturated heterocycles. The van der Waals surface area contributed by atoms with E-state index in [4.69, 9.17) is 11.6 Å². The van der Waals surface area contributed by atoms with Gasteiger partial charge in [-0.3, -0.25) is 9.69 Å². The number of carbonyl (C=O) groups excluding carboxylic acids is 1. The van der Waals surface area contributed by atoms with Gasteiger partial charge in [-0.1, -0.05) is 65.2 Å². The molecule has 2 aliphatic heterocycles. The summed E-state index contributed by atoms with van der Waals surface area (Å²) in [6.45, 7) is 8.11. The Labute approximate surface area is 195 Å². The summed E-state index contributed by atoms with van der Waals surface area (Å²) < 4.78 is 0. The number of carbonyl (C=O) groups is 1. The van der Waals surface area contributed by atoms with Gasteiger partial charge in [-0.05, 0) is 75.2 Å². The fourth-order valence-corrected chi connectivity index (χ4v) is 5.57. The predicted octanol–water partition coefficient (Wildman–Crippen LogP) is 6.15. The number of amides is 1. The molecule has 2 aliphatic rings. The second kappa shape index (κ2) is 8.38. The first-order chi connectivity index (χ1) is 15.4. The van der Waals surface area contributed by atoms with E-state index in [9.17, 15) is 4.79 Å². The van der Waals surface area contributed by atoms with Gasteiger partial charge in [-0.15, -0.1) is 0 Å². The Morgan fingerprint density at radius 2 is 1.69 bits per heavy atom. The number of anilines is 1. The van der Waals surface area contributed by atoms with Gasteiger partial charge in [-0.25, -0.2) is 0 Å². The Morgan fingerprint density at radius 1 is 0.938 bits per heavy atom. The normalized spacial score (nSPS) is 17.5. The highest BCUT2D eigenvalue weighted by atomic mass is 35.5. The summed E-state index contributed by atoms with van der Waals surface area (Å²) in [6, 6.07) is 22.6. The van der Waals surface area contributed by atoms with E-state index in [2.05, 4.69) is 61.2 Å². The average molecular weight is 445 g/mol. The van der Waals surface area contributed by atoms with Crippen molar-refractivity contribution in [2.75, 3.05) is 24.5 Å². The standard InChI is InChI=1S/C28H29ClN2O/c1-20-5-3-6-22(15-20)18-30-13-11-28(12-14-30)19-31(26-10-9-21(2)16-25(26)28)27(32)23-7-4-8-24(29)17-23/h3-10,15-17H,11-14,18-19H2,1-2H3. The molecule has 1 spiro atoms. The molecular weight excluding hydrogens is 416 g/mol. The number of rotatable bonds is 3. The third-order valence-electron chi connectivity index (χ3n) is 7.09. The van der Waals surface area contributed by atoms with Crippen LogP contribution in [0.4, 0.5) is 5.69 Å². The molecule has 1 amide bonds. The largest absolute Gasteiger partial charge is 0.307 e. The van der Waals surface area contributed by atoms with E-state index in [1.54, 1.807) is 6.07 Å². The van der Waals surface area contributed by atoms with Crippen LogP contribution in [-0.2, 0) is 12.0 Å². The molecule has 0 aliphatic carbocycles. The molecule has 5 rings (SSSR count). The topological polar surface area (TPSA) is 23.6 Å². The Morgan fingerprint density at radius 3 is 2.44 bits per heavy atom. The van der Waals surface area contributed by atoms with Gasteiger partial charge in [0.2, 0.25) is 0 Å². The van der Waals surface area contributed by atoms with Crippen LogP contribution in [-0.4, -0.2) is 30.4 Å². The zero-order valence-electron chi connectivity index (χ0n) is 18.8. The molecule has 0 unspecified atom stereocenters. The first-order valence-electron chi connectivity index (χ1n) is 11.4. The fourth-order valence-electron chi connectivity index (χ4n) is 5.38. The van der Waals surface area contributed by atoms with Crippen molar-refractivity contribution < 1.29 is 4.79 Å². The Balaban J connectivity index is 1.39. The Hall–Kier alpha value is -2.62. The minimum absolute atomic E-state index is 0.0265. The summed E-state index contributed by atoms with van der Waals surface area (Å²) in [5, 5.41) is 0.596. The molecule has 2 heterocycles. The van der Waals surface area contributed by atoms with Crippen LogP contribution in [0.15, 0.2) is 66.7 Å². The van der Waals surface area contributed by atoms with Crippen LogP contribution in [0.5, 0.6) is 0 Å². The van der Waals surface area contributed by atoms with Crippen molar-refractivity contribution in [2.24, 2.45) is 0 Å². The minimum Gasteiger partial charge on any atom is -0.307 e. The van der Waals surface area contributed by atoms with Crippen LogP contribution in [0.3, 0.4) is 0 Å². The summed E-state index contributed by atoms with van der Waals surface area (Å²) >= 11 is 6.17. The van der Waals surface area contributed by atoms with Gasteiger partial charge in [0.05, 0.1) is 0 Å². The SMILES string of the molecule is Cc1cccc(CN2CCC3(CC2)CN(C(=O)c2cccc(Cl)c2)c2ccc(C)cc23)c1. The second-order valence-corrected chi connectivity index (χ2v) is 9.90. The molecule has 0 aromatic heterocycles. The number of piperidine rings is 1. The summed E-state index contributed by atoms with van der Waals surface area (Å²) in [6.07, 6.45) is 2.13. The molecular formula is C28H29ClN2O. The van der Waals surface area contributed by atoms with Crippen LogP contribution in [0.1, 0.15) is 45.5 Å². The number of fused-ring (bicyclic) bond motifs is 2. The third-order valence-corrected chi connectivity index (χ3v) is 7.33. The molecule has 0 N–H and O–H groups in total. The van der Waals surface area contributed by atoms with E-state index in [0.717, 1.165) is 44.7 Å². The van der Waals surface area contributed by atoms with Gasteiger partial charge in [0.25, 0.3) is 5.91 Å². The molecule has 0 saturated carbocycles. The molecule has 0 bridgehead atoms. The van der Waals surface area contributed by atoms with E-state index >= 15 is 0 Å². The Kier molecular flexibility index (Phi) is 5.56. The molecule has 0 radical (unpaired) electrons. The molecule has 3 aromatic rings. The van der Waals surface area contributed by atoms with Crippen LogP contribution in [0.25, 0.3) is 0 Å². The van der Waals surface area contributed by atoms with Gasteiger partial charge in [0.15, 0.2) is 0 Å². The fraction of sp³-hybridized carbons (Fsp3) is 0.321. The highest BCUT2D eigenvalue weighted by molar-refractivity contribution is 6.31. The van der Waals surface area contributed by atoms with Gasteiger partial charge >= 0.3 is 0 Å². The molecule has 1 fully saturated rings. The van der Waals surface area contributed by atoms with Gasteiger partial charge in [-0.2, -0.15) is 0 Å². The second-order valence-electron chi connectivity index (χ2n) is 9.47. The first kappa shape index (κ1) is 21.2. The number of hydrogen-bond donors (Lipinski definition) is 0. The lowest BCUT2D eigenvalue weighted by Crippen LogP contribution is -2.45. The van der Waals surface area contributed by atoms with Crippen LogP contribution in [0, 0.1) is 13.8 Å². The number of nitrogens with zero attached hydrogens (tertiary/aromatic N) is 2. The molecule has 32 heavy (non-hydrogen) atoms. The number of halogens is 1. The van der Waals surface area contributed by atoms with Crippen molar-refractivity contribution in [3.05, 3.63) is 99.6 Å². The van der Waals surface area contributed by atoms with E-state index in [0.29, 0.717) is 10.6 Å². The van der Waals surface area contributed by atoms with Gasteiger partial charge in [0, 0.05) is 34.8 Å². The maximum Gasteiger partial charge on any atom is 0.258 e. The molecule has 4 heteroatoms. The maximum absolute atomic E-state index is 13.5. The minimum atomic E-state index is 0.0265. The summed E-state index contributed by atoms with van der Waals surface area (Å²) in [4.78, 5) is 18.0. The first-order valence-corrected chi connectivity index (χ1v) is 11.8. The Bertz CT molecular complexity index is 1160. The number of aryl methyl sites for hydroxylation is 2. The molecule has 3 nitrogen and oxygen atoms in total.